The summed E-state index contributed by atoms with van der Waals surface area (Å²) in [6.07, 6.45) is 12.5. The van der Waals surface area contributed by atoms with Crippen molar-refractivity contribution >= 4 is 0 Å². The molecule has 0 N–H and O–H groups in total. The van der Waals surface area contributed by atoms with Crippen LogP contribution in [0.4, 0.5) is 0 Å². The molecule has 4 heteroatoms. The predicted molar refractivity (Wildman–Crippen MR) is 51.1 cm³/mol. The van der Waals surface area contributed by atoms with E-state index in [2.05, 4.69) is 32.9 Å². The standard InChI is InChI=1S/C6H13.C5H5.3ClH.V/c1-4-6(3)5-2;1-2-4-5-3-1;;;;/h4-5H2,1-3H3;1-3H,4H2;3*1H;/q2*-1;;;;/p-3. The summed E-state index contributed by atoms with van der Waals surface area (Å²) in [6, 6.07) is 0. The zero-order valence-electron chi connectivity index (χ0n) is 9.43. The second-order valence-corrected chi connectivity index (χ2v) is 2.67. The molecule has 0 aromatic carbocycles. The fourth-order valence-corrected chi connectivity index (χ4v) is 0.590. The van der Waals surface area contributed by atoms with Crippen LogP contribution in [-0.4, -0.2) is 0 Å². The number of hydrogen-bond acceptors (Lipinski definition) is 0. The van der Waals surface area contributed by atoms with Gasteiger partial charge in [-0.3, -0.25) is 6.08 Å². The van der Waals surface area contributed by atoms with Crippen molar-refractivity contribution in [3.05, 3.63) is 30.2 Å². The largest absolute Gasteiger partial charge is 1.00 e. The van der Waals surface area contributed by atoms with Crippen LogP contribution in [0.5, 0.6) is 0 Å². The van der Waals surface area contributed by atoms with Crippen LogP contribution in [0, 0.1) is 12.0 Å². The van der Waals surface area contributed by atoms with Gasteiger partial charge in [0.15, 0.2) is 0 Å². The second-order valence-electron chi connectivity index (χ2n) is 2.67. The van der Waals surface area contributed by atoms with Crippen molar-refractivity contribution in [3.63, 3.8) is 0 Å². The molecule has 1 rings (SSSR count). The van der Waals surface area contributed by atoms with Crippen LogP contribution in [0.25, 0.3) is 0 Å². The summed E-state index contributed by atoms with van der Waals surface area (Å²) in [5.74, 6) is 1.59. The van der Waals surface area contributed by atoms with E-state index in [1.807, 2.05) is 12.2 Å². The Morgan fingerprint density at radius 2 is 1.60 bits per heavy atom. The molecule has 0 heterocycles. The Morgan fingerprint density at radius 1 is 1.13 bits per heavy atom. The van der Waals surface area contributed by atoms with E-state index in [0.29, 0.717) is 0 Å². The van der Waals surface area contributed by atoms with Gasteiger partial charge in [-0.05, 0) is 0 Å². The third-order valence-corrected chi connectivity index (χ3v) is 1.79. The first-order chi connectivity index (χ1) is 5.31. The zero-order valence-corrected chi connectivity index (χ0v) is 13.1. The minimum atomic E-state index is 0. The third kappa shape index (κ3) is 25.3. The average Bonchev–Trinajstić information content (AvgIpc) is 2.60. The topological polar surface area (TPSA) is 0 Å². The molecule has 1 aliphatic carbocycles. The van der Waals surface area contributed by atoms with E-state index in [4.69, 9.17) is 0 Å². The molecule has 0 nitrogen and oxygen atoms in total. The number of rotatable bonds is 2. The molecule has 0 aromatic heterocycles. The fourth-order valence-electron chi connectivity index (χ4n) is 0.590. The van der Waals surface area contributed by atoms with Gasteiger partial charge in [0.1, 0.15) is 0 Å². The second kappa shape index (κ2) is 24.3. The van der Waals surface area contributed by atoms with Crippen molar-refractivity contribution < 1.29 is 55.8 Å². The van der Waals surface area contributed by atoms with Crippen molar-refractivity contribution in [3.8, 4) is 0 Å². The summed E-state index contributed by atoms with van der Waals surface area (Å²) in [5, 5.41) is 0. The summed E-state index contributed by atoms with van der Waals surface area (Å²) < 4.78 is 0. The van der Waals surface area contributed by atoms with Crippen molar-refractivity contribution in [2.24, 2.45) is 0 Å². The molecule has 0 aliphatic heterocycles. The first-order valence-electron chi connectivity index (χ1n) is 4.34. The molecule has 0 bridgehead atoms. The van der Waals surface area contributed by atoms with Crippen LogP contribution < -0.4 is 37.2 Å². The summed E-state index contributed by atoms with van der Waals surface area (Å²) >= 11 is 0. The van der Waals surface area contributed by atoms with Gasteiger partial charge in [-0.25, -0.2) is 12.2 Å². The van der Waals surface area contributed by atoms with Crippen molar-refractivity contribution in [1.29, 1.82) is 0 Å². The fraction of sp³-hybridized carbons (Fsp3) is 0.545. The van der Waals surface area contributed by atoms with Crippen LogP contribution in [0.15, 0.2) is 18.2 Å². The average molecular weight is 308 g/mol. The van der Waals surface area contributed by atoms with Crippen LogP contribution in [0.3, 0.4) is 0 Å². The molecule has 0 fully saturated rings. The molecule has 0 amide bonds. The molecular formula is C11H18Cl3V-5. The van der Waals surface area contributed by atoms with E-state index in [-0.39, 0.29) is 55.8 Å². The van der Waals surface area contributed by atoms with E-state index in [0.717, 1.165) is 6.42 Å². The Kier molecular flexibility index (Phi) is 48.1. The number of halogens is 3. The maximum atomic E-state index is 2.99. The first kappa shape index (κ1) is 29.7. The van der Waals surface area contributed by atoms with E-state index < -0.39 is 0 Å². The summed E-state index contributed by atoms with van der Waals surface area (Å²) in [6.45, 7) is 6.58. The van der Waals surface area contributed by atoms with Gasteiger partial charge in [0.05, 0.1) is 0 Å². The molecule has 1 aliphatic rings. The Hall–Kier alpha value is 0.934. The first-order valence-corrected chi connectivity index (χ1v) is 4.34. The van der Waals surface area contributed by atoms with Crippen LogP contribution in [-0.2, 0) is 18.6 Å². The summed E-state index contributed by atoms with van der Waals surface area (Å²) in [5.41, 5.74) is 0. The minimum Gasteiger partial charge on any atom is -1.00 e. The molecule has 15 heavy (non-hydrogen) atoms. The molecule has 0 saturated carbocycles. The van der Waals surface area contributed by atoms with Gasteiger partial charge >= 0.3 is 0 Å². The van der Waals surface area contributed by atoms with Gasteiger partial charge < -0.3 is 43.1 Å². The van der Waals surface area contributed by atoms with E-state index >= 15 is 0 Å². The Morgan fingerprint density at radius 3 is 1.67 bits per heavy atom. The SMILES string of the molecule is CC[C-](C)CC.[C-]1=CC=CC1.[Cl-].[Cl-].[Cl-].[V]. The maximum absolute atomic E-state index is 2.99. The molecule has 93 valence electrons. The van der Waals surface area contributed by atoms with Gasteiger partial charge in [0.2, 0.25) is 0 Å². The van der Waals surface area contributed by atoms with Gasteiger partial charge in [-0.1, -0.05) is 13.8 Å². The Labute approximate surface area is 125 Å². The predicted octanol–water partition coefficient (Wildman–Crippen LogP) is -5.28. The van der Waals surface area contributed by atoms with E-state index in [9.17, 15) is 0 Å². The van der Waals surface area contributed by atoms with Crippen LogP contribution >= 0.6 is 0 Å². The smallest absolute Gasteiger partial charge is 0 e. The summed E-state index contributed by atoms with van der Waals surface area (Å²) in [7, 11) is 0. The molecule has 0 saturated heterocycles. The van der Waals surface area contributed by atoms with E-state index in [1.165, 1.54) is 12.8 Å². The van der Waals surface area contributed by atoms with Crippen molar-refractivity contribution in [2.45, 2.75) is 40.0 Å². The third-order valence-electron chi connectivity index (χ3n) is 1.79. The van der Waals surface area contributed by atoms with E-state index in [1.54, 1.807) is 5.92 Å². The molecule has 1 radical (unpaired) electrons. The number of hydrogen-bond donors (Lipinski definition) is 0. The van der Waals surface area contributed by atoms with Crippen molar-refractivity contribution in [1.82, 2.24) is 0 Å². The number of allylic oxidation sites excluding steroid dienone is 4. The van der Waals surface area contributed by atoms with Crippen LogP contribution in [0.2, 0.25) is 0 Å². The van der Waals surface area contributed by atoms with Gasteiger partial charge in [-0.2, -0.15) is 25.8 Å². The minimum absolute atomic E-state index is 0. The molecule has 0 spiro atoms. The van der Waals surface area contributed by atoms with Gasteiger partial charge in [-0.15, -0.1) is 6.42 Å². The molecule has 0 atom stereocenters. The molecular weight excluding hydrogens is 289 g/mol. The molecule has 0 unspecified atom stereocenters. The van der Waals surface area contributed by atoms with Gasteiger partial charge in [0.25, 0.3) is 0 Å². The van der Waals surface area contributed by atoms with Crippen molar-refractivity contribution in [2.75, 3.05) is 0 Å². The Balaban J connectivity index is -0.0000000352. The molecule has 0 aromatic rings. The zero-order chi connectivity index (χ0) is 8.53. The normalized spacial score (nSPS) is 9.87. The van der Waals surface area contributed by atoms with Crippen LogP contribution in [0.1, 0.15) is 40.0 Å². The maximum Gasteiger partial charge on any atom is 0 e. The monoisotopic (exact) mass is 306 g/mol. The Bertz CT molecular complexity index is 122. The quantitative estimate of drug-likeness (QED) is 0.447. The summed E-state index contributed by atoms with van der Waals surface area (Å²) in [4.78, 5) is 0. The van der Waals surface area contributed by atoms with Gasteiger partial charge in [0, 0.05) is 18.6 Å².